The lowest BCUT2D eigenvalue weighted by Crippen LogP contribution is -2.21. The summed E-state index contributed by atoms with van der Waals surface area (Å²) in [5.41, 5.74) is -0.759. The Morgan fingerprint density at radius 1 is 1.25 bits per heavy atom. The second kappa shape index (κ2) is 10.4. The van der Waals surface area contributed by atoms with E-state index in [1.54, 1.807) is 0 Å². The Morgan fingerprint density at radius 2 is 2.00 bits per heavy atom. The van der Waals surface area contributed by atoms with E-state index in [0.29, 0.717) is 25.7 Å². The Morgan fingerprint density at radius 3 is 2.67 bits per heavy atom. The van der Waals surface area contributed by atoms with E-state index in [-0.39, 0.29) is 40.6 Å². The third-order valence-corrected chi connectivity index (χ3v) is 5.74. The van der Waals surface area contributed by atoms with E-state index in [2.05, 4.69) is 25.7 Å². The molecule has 14 heteroatoms. The molecule has 0 bridgehead atoms. The van der Waals surface area contributed by atoms with Crippen LogP contribution in [0.5, 0.6) is 0 Å². The van der Waals surface area contributed by atoms with Crippen LogP contribution in [0.2, 0.25) is 0 Å². The third kappa shape index (κ3) is 6.04. The number of hydrogen-bond donors (Lipinski definition) is 2. The Hall–Kier alpha value is -3.84. The van der Waals surface area contributed by atoms with Crippen molar-refractivity contribution < 1.29 is 36.0 Å². The first-order chi connectivity index (χ1) is 17.1. The number of anilines is 2. The highest BCUT2D eigenvalue weighted by molar-refractivity contribution is 6.03. The van der Waals surface area contributed by atoms with E-state index in [1.807, 2.05) is 0 Å². The van der Waals surface area contributed by atoms with Crippen molar-refractivity contribution in [3.8, 4) is 11.5 Å². The Balaban J connectivity index is 1.47. The molecule has 0 radical (unpaired) electrons. The molecule has 36 heavy (non-hydrogen) atoms. The van der Waals surface area contributed by atoms with E-state index in [4.69, 9.17) is 4.42 Å². The van der Waals surface area contributed by atoms with Gasteiger partial charge in [-0.1, -0.05) is 0 Å². The molecule has 192 valence electrons. The van der Waals surface area contributed by atoms with Gasteiger partial charge in [-0.05, 0) is 37.8 Å². The maximum Gasteiger partial charge on any atom is 0.405 e. The van der Waals surface area contributed by atoms with Crippen molar-refractivity contribution in [3.63, 3.8) is 0 Å². The van der Waals surface area contributed by atoms with Crippen molar-refractivity contribution in [3.05, 3.63) is 42.2 Å². The second-order valence-corrected chi connectivity index (χ2v) is 8.30. The van der Waals surface area contributed by atoms with Gasteiger partial charge in [0.25, 0.3) is 12.3 Å². The molecule has 0 unspecified atom stereocenters. The van der Waals surface area contributed by atoms with Crippen LogP contribution in [0.25, 0.3) is 11.5 Å². The molecule has 3 heterocycles. The molecule has 3 aromatic heterocycles. The average molecular weight is 512 g/mol. The van der Waals surface area contributed by atoms with Crippen LogP contribution in [-0.4, -0.2) is 44.7 Å². The molecule has 9 nitrogen and oxygen atoms in total. The maximum absolute atomic E-state index is 13.6. The fourth-order valence-corrected chi connectivity index (χ4v) is 3.90. The SMILES string of the molecule is O=C[C@H]1CC[C@H](n2cc(NC(=O)c3coc(-c4ccnc(NCC(F)(F)F)c4)n3)c(C(F)F)n2)CC1. The van der Waals surface area contributed by atoms with Crippen molar-refractivity contribution in [1.29, 1.82) is 0 Å². The van der Waals surface area contributed by atoms with Crippen LogP contribution < -0.4 is 10.6 Å². The van der Waals surface area contributed by atoms with Crippen LogP contribution in [0.4, 0.5) is 33.5 Å². The molecule has 1 aliphatic carbocycles. The van der Waals surface area contributed by atoms with E-state index in [1.165, 1.54) is 29.2 Å². The standard InChI is InChI=1S/C22H21F5N6O3/c23-19(24)18-15(8-33(32-18)14-3-1-12(9-34)2-4-14)30-20(35)16-10-36-21(31-16)13-5-6-28-17(7-13)29-11-22(25,26)27/h5-10,12,14,19H,1-4,11H2,(H,28,29)(H,30,35)/t12-,14-. The van der Waals surface area contributed by atoms with Crippen LogP contribution in [0.1, 0.15) is 54.3 Å². The first-order valence-corrected chi connectivity index (χ1v) is 11.0. The van der Waals surface area contributed by atoms with Crippen molar-refractivity contribution in [2.24, 2.45) is 5.92 Å². The molecule has 0 atom stereocenters. The smallest absolute Gasteiger partial charge is 0.405 e. The highest BCUT2D eigenvalue weighted by atomic mass is 19.4. The molecule has 4 rings (SSSR count). The number of halogens is 5. The molecule has 1 aliphatic rings. The Labute approximate surface area is 201 Å². The summed E-state index contributed by atoms with van der Waals surface area (Å²) in [6, 6.07) is 2.51. The number of carbonyl (C=O) groups is 2. The van der Waals surface area contributed by atoms with E-state index < -0.39 is 30.7 Å². The topological polar surface area (TPSA) is 115 Å². The van der Waals surface area contributed by atoms with E-state index in [0.717, 1.165) is 12.5 Å². The fourth-order valence-electron chi connectivity index (χ4n) is 3.90. The van der Waals surface area contributed by atoms with Gasteiger partial charge in [0.15, 0.2) is 11.4 Å². The fraction of sp³-hybridized carbons (Fsp3) is 0.409. The van der Waals surface area contributed by atoms with Crippen molar-refractivity contribution in [2.45, 2.75) is 44.3 Å². The van der Waals surface area contributed by atoms with Gasteiger partial charge < -0.3 is 19.8 Å². The van der Waals surface area contributed by atoms with Crippen LogP contribution in [0, 0.1) is 5.92 Å². The van der Waals surface area contributed by atoms with Gasteiger partial charge >= 0.3 is 6.18 Å². The van der Waals surface area contributed by atoms with Crippen molar-refractivity contribution in [1.82, 2.24) is 19.7 Å². The van der Waals surface area contributed by atoms with Crippen LogP contribution in [-0.2, 0) is 4.79 Å². The Kier molecular flexibility index (Phi) is 7.31. The minimum Gasteiger partial charge on any atom is -0.444 e. The summed E-state index contributed by atoms with van der Waals surface area (Å²) < 4.78 is 71.1. The second-order valence-electron chi connectivity index (χ2n) is 8.30. The molecular weight excluding hydrogens is 491 g/mol. The normalized spacial score (nSPS) is 18.3. The van der Waals surface area contributed by atoms with Gasteiger partial charge in [-0.25, -0.2) is 18.7 Å². The highest BCUT2D eigenvalue weighted by Crippen LogP contribution is 2.34. The average Bonchev–Trinajstić information content (AvgIpc) is 3.51. The summed E-state index contributed by atoms with van der Waals surface area (Å²) >= 11 is 0. The molecule has 3 aromatic rings. The zero-order valence-electron chi connectivity index (χ0n) is 18.6. The first kappa shape index (κ1) is 25.3. The maximum atomic E-state index is 13.6. The lowest BCUT2D eigenvalue weighted by atomic mass is 9.87. The molecule has 0 aliphatic heterocycles. The molecule has 1 saturated carbocycles. The number of amides is 1. The summed E-state index contributed by atoms with van der Waals surface area (Å²) in [7, 11) is 0. The molecule has 0 aromatic carbocycles. The monoisotopic (exact) mass is 512 g/mol. The number of nitrogens with zero attached hydrogens (tertiary/aromatic N) is 4. The Bertz CT molecular complexity index is 1220. The quantitative estimate of drug-likeness (QED) is 0.321. The first-order valence-electron chi connectivity index (χ1n) is 11.0. The van der Waals surface area contributed by atoms with Gasteiger partial charge in [-0.3, -0.25) is 9.48 Å². The predicted octanol–water partition coefficient (Wildman–Crippen LogP) is 5.03. The minimum atomic E-state index is -4.44. The third-order valence-electron chi connectivity index (χ3n) is 5.74. The lowest BCUT2D eigenvalue weighted by Gasteiger charge is -2.25. The van der Waals surface area contributed by atoms with Gasteiger partial charge in [-0.2, -0.15) is 18.3 Å². The zero-order valence-corrected chi connectivity index (χ0v) is 18.6. The van der Waals surface area contributed by atoms with Crippen LogP contribution >= 0.6 is 0 Å². The van der Waals surface area contributed by atoms with Crippen LogP contribution in [0.15, 0.2) is 35.2 Å². The summed E-state index contributed by atoms with van der Waals surface area (Å²) in [4.78, 5) is 31.4. The predicted molar refractivity (Wildman–Crippen MR) is 116 cm³/mol. The number of rotatable bonds is 8. The number of oxazole rings is 1. The highest BCUT2D eigenvalue weighted by Gasteiger charge is 2.28. The molecule has 1 fully saturated rings. The number of pyridine rings is 1. The summed E-state index contributed by atoms with van der Waals surface area (Å²) in [6.07, 6.45) is -0.467. The van der Waals surface area contributed by atoms with E-state index >= 15 is 0 Å². The number of carbonyl (C=O) groups excluding carboxylic acids is 2. The summed E-state index contributed by atoms with van der Waals surface area (Å²) in [5, 5.41) is 8.45. The molecular formula is C22H21F5N6O3. The number of nitrogens with one attached hydrogen (secondary N) is 2. The largest absolute Gasteiger partial charge is 0.444 e. The van der Waals surface area contributed by atoms with Gasteiger partial charge in [0.1, 0.15) is 24.9 Å². The summed E-state index contributed by atoms with van der Waals surface area (Å²) in [5.74, 6) is -1.04. The molecule has 0 saturated heterocycles. The van der Waals surface area contributed by atoms with E-state index in [9.17, 15) is 31.5 Å². The lowest BCUT2D eigenvalue weighted by molar-refractivity contribution is -0.115. The van der Waals surface area contributed by atoms with Gasteiger partial charge in [-0.15, -0.1) is 0 Å². The number of aldehydes is 1. The van der Waals surface area contributed by atoms with Crippen LogP contribution in [0.3, 0.4) is 0 Å². The number of hydrogen-bond acceptors (Lipinski definition) is 7. The summed E-state index contributed by atoms with van der Waals surface area (Å²) in [6.45, 7) is -1.29. The van der Waals surface area contributed by atoms with Gasteiger partial charge in [0.05, 0.1) is 11.7 Å². The molecule has 1 amide bonds. The number of alkyl halides is 5. The number of aromatic nitrogens is 4. The molecule has 0 spiro atoms. The van der Waals surface area contributed by atoms with Crippen molar-refractivity contribution in [2.75, 3.05) is 17.2 Å². The van der Waals surface area contributed by atoms with Gasteiger partial charge in [0, 0.05) is 23.9 Å². The minimum absolute atomic E-state index is 0.0520. The zero-order chi connectivity index (χ0) is 25.9. The van der Waals surface area contributed by atoms with Gasteiger partial charge in [0.2, 0.25) is 5.89 Å². The molecule has 2 N–H and O–H groups in total. The van der Waals surface area contributed by atoms with Crippen molar-refractivity contribution >= 4 is 23.7 Å².